The molecule has 0 spiro atoms. The maximum atomic E-state index is 12.7. The minimum Gasteiger partial charge on any atom is -0.457 e. The van der Waals surface area contributed by atoms with Crippen LogP contribution in [0.15, 0.2) is 72.8 Å². The molecule has 0 bridgehead atoms. The van der Waals surface area contributed by atoms with Gasteiger partial charge in [-0.05, 0) is 67.4 Å². The second-order valence-electron chi connectivity index (χ2n) is 6.10. The number of carbonyl (C=O) groups excluding carboxylic acids is 1. The molecule has 0 fully saturated rings. The lowest BCUT2D eigenvalue weighted by molar-refractivity contribution is 0.0993. The van der Waals surface area contributed by atoms with Crippen LogP contribution < -0.4 is 9.64 Å². The van der Waals surface area contributed by atoms with Gasteiger partial charge < -0.3 is 9.64 Å². The molecule has 0 saturated carbocycles. The Bertz CT molecular complexity index is 885. The van der Waals surface area contributed by atoms with E-state index in [1.54, 1.807) is 24.1 Å². The van der Waals surface area contributed by atoms with Crippen molar-refractivity contribution in [2.24, 2.45) is 0 Å². The molecular weight excluding hydrogens is 310 g/mol. The molecule has 0 aromatic heterocycles. The summed E-state index contributed by atoms with van der Waals surface area (Å²) in [6.07, 6.45) is 0. The number of carbonyl (C=O) groups is 1. The number of amides is 1. The number of benzene rings is 3. The first-order chi connectivity index (χ1) is 12.0. The molecule has 1 amide bonds. The molecule has 3 aromatic carbocycles. The molecule has 0 saturated heterocycles. The number of hydrogen-bond acceptors (Lipinski definition) is 2. The number of hydrogen-bond donors (Lipinski definition) is 0. The number of ether oxygens (including phenoxy) is 1. The second-order valence-corrected chi connectivity index (χ2v) is 6.10. The SMILES string of the molecule is Cc1cccc(N(C)C(=O)c2ccc(Oc3ccccc3C)cc2)c1. The van der Waals surface area contributed by atoms with Crippen LogP contribution in [0.2, 0.25) is 0 Å². The lowest BCUT2D eigenvalue weighted by atomic mass is 10.1. The highest BCUT2D eigenvalue weighted by molar-refractivity contribution is 6.05. The minimum absolute atomic E-state index is 0.0481. The first kappa shape index (κ1) is 16.8. The van der Waals surface area contributed by atoms with E-state index in [1.807, 2.05) is 74.5 Å². The summed E-state index contributed by atoms with van der Waals surface area (Å²) in [4.78, 5) is 14.3. The summed E-state index contributed by atoms with van der Waals surface area (Å²) in [6, 6.07) is 23.0. The third kappa shape index (κ3) is 3.89. The van der Waals surface area contributed by atoms with E-state index in [2.05, 4.69) is 0 Å². The van der Waals surface area contributed by atoms with E-state index in [1.165, 1.54) is 0 Å². The van der Waals surface area contributed by atoms with Gasteiger partial charge in [0.1, 0.15) is 11.5 Å². The monoisotopic (exact) mass is 331 g/mol. The van der Waals surface area contributed by atoms with Crippen LogP contribution in [0.4, 0.5) is 5.69 Å². The standard InChI is InChI=1S/C22H21NO2/c1-16-7-6-9-19(15-16)23(3)22(24)18-11-13-20(14-12-18)25-21-10-5-4-8-17(21)2/h4-15H,1-3H3. The van der Waals surface area contributed by atoms with Gasteiger partial charge in [-0.15, -0.1) is 0 Å². The van der Waals surface area contributed by atoms with Crippen LogP contribution in [0, 0.1) is 13.8 Å². The van der Waals surface area contributed by atoms with Crippen LogP contribution in [0.1, 0.15) is 21.5 Å². The van der Waals surface area contributed by atoms with E-state index >= 15 is 0 Å². The summed E-state index contributed by atoms with van der Waals surface area (Å²) in [5.74, 6) is 1.48. The van der Waals surface area contributed by atoms with Crippen LogP contribution in [-0.4, -0.2) is 13.0 Å². The van der Waals surface area contributed by atoms with Crippen molar-refractivity contribution in [1.82, 2.24) is 0 Å². The molecule has 3 rings (SSSR count). The Morgan fingerprint density at radius 2 is 1.60 bits per heavy atom. The molecule has 0 heterocycles. The van der Waals surface area contributed by atoms with E-state index in [0.29, 0.717) is 11.3 Å². The fourth-order valence-corrected chi connectivity index (χ4v) is 2.61. The Morgan fingerprint density at radius 3 is 2.28 bits per heavy atom. The molecule has 0 unspecified atom stereocenters. The zero-order valence-corrected chi connectivity index (χ0v) is 14.7. The Morgan fingerprint density at radius 1 is 0.880 bits per heavy atom. The van der Waals surface area contributed by atoms with Crippen LogP contribution in [0.25, 0.3) is 0 Å². The Kier molecular flexibility index (Phi) is 4.85. The van der Waals surface area contributed by atoms with Crippen LogP contribution in [-0.2, 0) is 0 Å². The summed E-state index contributed by atoms with van der Waals surface area (Å²) in [5.41, 5.74) is 3.70. The average Bonchev–Trinajstić information content (AvgIpc) is 2.63. The smallest absolute Gasteiger partial charge is 0.258 e. The van der Waals surface area contributed by atoms with Crippen molar-refractivity contribution >= 4 is 11.6 Å². The molecule has 126 valence electrons. The highest BCUT2D eigenvalue weighted by Gasteiger charge is 2.13. The molecule has 3 aromatic rings. The van der Waals surface area contributed by atoms with Gasteiger partial charge in [0.25, 0.3) is 5.91 Å². The lowest BCUT2D eigenvalue weighted by Gasteiger charge is -2.18. The van der Waals surface area contributed by atoms with Gasteiger partial charge in [0.15, 0.2) is 0 Å². The van der Waals surface area contributed by atoms with Crippen molar-refractivity contribution in [3.8, 4) is 11.5 Å². The van der Waals surface area contributed by atoms with E-state index < -0.39 is 0 Å². The fraction of sp³-hybridized carbons (Fsp3) is 0.136. The summed E-state index contributed by atoms with van der Waals surface area (Å²) in [6.45, 7) is 4.02. The minimum atomic E-state index is -0.0481. The topological polar surface area (TPSA) is 29.5 Å². The molecule has 3 heteroatoms. The predicted octanol–water partition coefficient (Wildman–Crippen LogP) is 5.37. The van der Waals surface area contributed by atoms with Crippen LogP contribution in [0.3, 0.4) is 0 Å². The number of aryl methyl sites for hydroxylation is 2. The molecular formula is C22H21NO2. The number of nitrogens with zero attached hydrogens (tertiary/aromatic N) is 1. The molecule has 0 N–H and O–H groups in total. The van der Waals surface area contributed by atoms with Gasteiger partial charge in [0.2, 0.25) is 0 Å². The quantitative estimate of drug-likeness (QED) is 0.643. The third-order valence-corrected chi connectivity index (χ3v) is 4.12. The number of rotatable bonds is 4. The highest BCUT2D eigenvalue weighted by Crippen LogP contribution is 2.25. The normalized spacial score (nSPS) is 10.4. The summed E-state index contributed by atoms with van der Waals surface area (Å²) < 4.78 is 5.88. The molecule has 3 nitrogen and oxygen atoms in total. The van der Waals surface area contributed by atoms with Gasteiger partial charge in [-0.3, -0.25) is 4.79 Å². The molecule has 0 aliphatic heterocycles. The number of anilines is 1. The Hall–Kier alpha value is -3.07. The molecule has 0 radical (unpaired) electrons. The Balaban J connectivity index is 1.75. The molecule has 0 atom stereocenters. The lowest BCUT2D eigenvalue weighted by Crippen LogP contribution is -2.26. The van der Waals surface area contributed by atoms with Crippen molar-refractivity contribution in [3.05, 3.63) is 89.5 Å². The molecule has 0 aliphatic carbocycles. The van der Waals surface area contributed by atoms with Crippen molar-refractivity contribution in [2.75, 3.05) is 11.9 Å². The van der Waals surface area contributed by atoms with E-state index in [4.69, 9.17) is 4.74 Å². The first-order valence-electron chi connectivity index (χ1n) is 8.23. The van der Waals surface area contributed by atoms with Gasteiger partial charge in [-0.25, -0.2) is 0 Å². The van der Waals surface area contributed by atoms with Crippen molar-refractivity contribution in [2.45, 2.75) is 13.8 Å². The molecule has 25 heavy (non-hydrogen) atoms. The van der Waals surface area contributed by atoms with Crippen molar-refractivity contribution < 1.29 is 9.53 Å². The van der Waals surface area contributed by atoms with Crippen LogP contribution >= 0.6 is 0 Å². The summed E-state index contributed by atoms with van der Waals surface area (Å²) in [5, 5.41) is 0. The van der Waals surface area contributed by atoms with E-state index in [0.717, 1.165) is 22.6 Å². The first-order valence-corrected chi connectivity index (χ1v) is 8.23. The second kappa shape index (κ2) is 7.22. The summed E-state index contributed by atoms with van der Waals surface area (Å²) in [7, 11) is 1.79. The average molecular weight is 331 g/mol. The summed E-state index contributed by atoms with van der Waals surface area (Å²) >= 11 is 0. The zero-order chi connectivity index (χ0) is 17.8. The fourth-order valence-electron chi connectivity index (χ4n) is 2.61. The predicted molar refractivity (Wildman–Crippen MR) is 102 cm³/mol. The van der Waals surface area contributed by atoms with Gasteiger partial charge in [-0.2, -0.15) is 0 Å². The van der Waals surface area contributed by atoms with E-state index in [-0.39, 0.29) is 5.91 Å². The third-order valence-electron chi connectivity index (χ3n) is 4.12. The van der Waals surface area contributed by atoms with Crippen molar-refractivity contribution in [3.63, 3.8) is 0 Å². The van der Waals surface area contributed by atoms with Gasteiger partial charge in [0.05, 0.1) is 0 Å². The van der Waals surface area contributed by atoms with Gasteiger partial charge >= 0.3 is 0 Å². The Labute approximate surface area is 148 Å². The molecule has 0 aliphatic rings. The zero-order valence-electron chi connectivity index (χ0n) is 14.7. The highest BCUT2D eigenvalue weighted by atomic mass is 16.5. The maximum Gasteiger partial charge on any atom is 0.258 e. The van der Waals surface area contributed by atoms with Gasteiger partial charge in [-0.1, -0.05) is 30.3 Å². The van der Waals surface area contributed by atoms with E-state index in [9.17, 15) is 4.79 Å². The van der Waals surface area contributed by atoms with Crippen molar-refractivity contribution in [1.29, 1.82) is 0 Å². The van der Waals surface area contributed by atoms with Gasteiger partial charge in [0, 0.05) is 18.3 Å². The maximum absolute atomic E-state index is 12.7. The van der Waals surface area contributed by atoms with Crippen LogP contribution in [0.5, 0.6) is 11.5 Å². The largest absolute Gasteiger partial charge is 0.457 e. The number of para-hydroxylation sites is 1.